The molecule has 1 rings (SSSR count). The van der Waals surface area contributed by atoms with Crippen LogP contribution in [0.1, 0.15) is 26.0 Å². The molecule has 1 aromatic heterocycles. The number of carbonyl (C=O) groups is 1. The van der Waals surface area contributed by atoms with Crippen LogP contribution in [0.25, 0.3) is 0 Å². The average molecular weight is 210 g/mol. The number of carbonyl (C=O) groups excluding carboxylic acids is 1. The Morgan fingerprint density at radius 1 is 1.67 bits per heavy atom. The Bertz CT molecular complexity index is 296. The molecule has 15 heavy (non-hydrogen) atoms. The standard InChI is InChI=1S/C11H18N2O2/c1-3-10(12)11(14)13-8(2)7-9-5-4-6-15-9/h4-6,8,10H,3,7,12H2,1-2H3,(H,13,14)/t8?,10-/m1/s1. The summed E-state index contributed by atoms with van der Waals surface area (Å²) < 4.78 is 5.19. The van der Waals surface area contributed by atoms with Crippen molar-refractivity contribution in [1.82, 2.24) is 5.32 Å². The van der Waals surface area contributed by atoms with Gasteiger partial charge < -0.3 is 15.5 Å². The Morgan fingerprint density at radius 2 is 2.40 bits per heavy atom. The lowest BCUT2D eigenvalue weighted by molar-refractivity contribution is -0.123. The van der Waals surface area contributed by atoms with Crippen molar-refractivity contribution >= 4 is 5.91 Å². The largest absolute Gasteiger partial charge is 0.469 e. The predicted octanol–water partition coefficient (Wildman–Crippen LogP) is 1.06. The highest BCUT2D eigenvalue weighted by molar-refractivity contribution is 5.81. The van der Waals surface area contributed by atoms with Crippen molar-refractivity contribution in [2.24, 2.45) is 5.73 Å². The smallest absolute Gasteiger partial charge is 0.237 e. The Balaban J connectivity index is 2.36. The average Bonchev–Trinajstić information content (AvgIpc) is 2.68. The van der Waals surface area contributed by atoms with Crippen LogP contribution in [0.2, 0.25) is 0 Å². The van der Waals surface area contributed by atoms with Crippen molar-refractivity contribution in [1.29, 1.82) is 0 Å². The second kappa shape index (κ2) is 5.56. The molecule has 4 heteroatoms. The van der Waals surface area contributed by atoms with Crippen molar-refractivity contribution in [2.75, 3.05) is 0 Å². The van der Waals surface area contributed by atoms with Gasteiger partial charge in [0.25, 0.3) is 0 Å². The second-order valence-corrected chi connectivity index (χ2v) is 3.71. The molecule has 84 valence electrons. The van der Waals surface area contributed by atoms with Crippen LogP contribution in [0.4, 0.5) is 0 Å². The highest BCUT2D eigenvalue weighted by atomic mass is 16.3. The maximum Gasteiger partial charge on any atom is 0.237 e. The lowest BCUT2D eigenvalue weighted by atomic mass is 10.1. The number of rotatable bonds is 5. The first kappa shape index (κ1) is 11.8. The van der Waals surface area contributed by atoms with Gasteiger partial charge in [-0.1, -0.05) is 6.92 Å². The van der Waals surface area contributed by atoms with Gasteiger partial charge in [0, 0.05) is 12.5 Å². The van der Waals surface area contributed by atoms with E-state index in [9.17, 15) is 4.79 Å². The number of furan rings is 1. The van der Waals surface area contributed by atoms with E-state index in [-0.39, 0.29) is 11.9 Å². The molecule has 0 bridgehead atoms. The molecule has 0 spiro atoms. The van der Waals surface area contributed by atoms with Gasteiger partial charge >= 0.3 is 0 Å². The second-order valence-electron chi connectivity index (χ2n) is 3.71. The van der Waals surface area contributed by atoms with Gasteiger partial charge in [-0.25, -0.2) is 0 Å². The van der Waals surface area contributed by atoms with Gasteiger partial charge in [0.15, 0.2) is 0 Å². The summed E-state index contributed by atoms with van der Waals surface area (Å²) in [7, 11) is 0. The van der Waals surface area contributed by atoms with Gasteiger partial charge in [0.1, 0.15) is 5.76 Å². The van der Waals surface area contributed by atoms with Crippen molar-refractivity contribution in [3.63, 3.8) is 0 Å². The topological polar surface area (TPSA) is 68.3 Å². The summed E-state index contributed by atoms with van der Waals surface area (Å²) >= 11 is 0. The van der Waals surface area contributed by atoms with Crippen LogP contribution in [0.15, 0.2) is 22.8 Å². The third-order valence-electron chi connectivity index (χ3n) is 2.25. The molecule has 4 nitrogen and oxygen atoms in total. The van der Waals surface area contributed by atoms with Crippen LogP contribution in [-0.4, -0.2) is 18.0 Å². The molecule has 0 aliphatic carbocycles. The lowest BCUT2D eigenvalue weighted by Gasteiger charge is -2.15. The van der Waals surface area contributed by atoms with E-state index in [1.807, 2.05) is 26.0 Å². The molecule has 0 saturated carbocycles. The molecular formula is C11H18N2O2. The number of hydrogen-bond acceptors (Lipinski definition) is 3. The van der Waals surface area contributed by atoms with E-state index >= 15 is 0 Å². The Kier molecular flexibility index (Phi) is 4.37. The van der Waals surface area contributed by atoms with Gasteiger partial charge in [-0.05, 0) is 25.5 Å². The maximum absolute atomic E-state index is 11.4. The highest BCUT2D eigenvalue weighted by Gasteiger charge is 2.14. The molecule has 0 aliphatic heterocycles. The summed E-state index contributed by atoms with van der Waals surface area (Å²) in [5.74, 6) is 0.768. The Hall–Kier alpha value is -1.29. The minimum atomic E-state index is -0.413. The molecular weight excluding hydrogens is 192 g/mol. The third-order valence-corrected chi connectivity index (χ3v) is 2.25. The summed E-state index contributed by atoms with van der Waals surface area (Å²) in [6.45, 7) is 3.82. The summed E-state index contributed by atoms with van der Waals surface area (Å²) in [6, 6.07) is 3.36. The summed E-state index contributed by atoms with van der Waals surface area (Å²) in [6.07, 6.45) is 2.97. The molecule has 0 aliphatic rings. The van der Waals surface area contributed by atoms with Crippen molar-refractivity contribution in [3.05, 3.63) is 24.2 Å². The van der Waals surface area contributed by atoms with E-state index < -0.39 is 6.04 Å². The van der Waals surface area contributed by atoms with Gasteiger partial charge in [-0.3, -0.25) is 4.79 Å². The molecule has 0 aromatic carbocycles. The first-order valence-corrected chi connectivity index (χ1v) is 5.21. The summed E-state index contributed by atoms with van der Waals surface area (Å²) in [4.78, 5) is 11.4. The molecule has 0 fully saturated rings. The summed E-state index contributed by atoms with van der Waals surface area (Å²) in [5, 5.41) is 2.84. The summed E-state index contributed by atoms with van der Waals surface area (Å²) in [5.41, 5.74) is 5.60. The monoisotopic (exact) mass is 210 g/mol. The van der Waals surface area contributed by atoms with Gasteiger partial charge in [0.05, 0.1) is 12.3 Å². The minimum absolute atomic E-state index is 0.0428. The van der Waals surface area contributed by atoms with Crippen LogP contribution in [-0.2, 0) is 11.2 Å². The number of nitrogens with one attached hydrogen (secondary N) is 1. The van der Waals surface area contributed by atoms with Gasteiger partial charge in [-0.2, -0.15) is 0 Å². The molecule has 0 radical (unpaired) electrons. The Labute approximate surface area is 89.8 Å². The van der Waals surface area contributed by atoms with E-state index in [0.29, 0.717) is 12.8 Å². The van der Waals surface area contributed by atoms with Crippen LogP contribution >= 0.6 is 0 Å². The van der Waals surface area contributed by atoms with Crippen LogP contribution in [0, 0.1) is 0 Å². The number of amides is 1. The fourth-order valence-electron chi connectivity index (χ4n) is 1.32. The first-order chi connectivity index (χ1) is 7.13. The molecule has 1 unspecified atom stereocenters. The molecule has 2 atom stereocenters. The molecule has 3 N–H and O–H groups in total. The van der Waals surface area contributed by atoms with E-state index in [2.05, 4.69) is 5.32 Å². The minimum Gasteiger partial charge on any atom is -0.469 e. The van der Waals surface area contributed by atoms with Gasteiger partial charge in [-0.15, -0.1) is 0 Å². The molecule has 1 amide bonds. The number of nitrogens with two attached hydrogens (primary N) is 1. The first-order valence-electron chi connectivity index (χ1n) is 5.21. The van der Waals surface area contributed by atoms with E-state index in [0.717, 1.165) is 5.76 Å². The normalized spacial score (nSPS) is 14.6. The van der Waals surface area contributed by atoms with Crippen LogP contribution in [0.5, 0.6) is 0 Å². The van der Waals surface area contributed by atoms with Crippen LogP contribution in [0.3, 0.4) is 0 Å². The zero-order valence-electron chi connectivity index (χ0n) is 9.19. The van der Waals surface area contributed by atoms with Crippen molar-refractivity contribution < 1.29 is 9.21 Å². The third kappa shape index (κ3) is 3.75. The predicted molar refractivity (Wildman–Crippen MR) is 58.3 cm³/mol. The zero-order chi connectivity index (χ0) is 11.3. The molecule has 1 aromatic rings. The van der Waals surface area contributed by atoms with Crippen LogP contribution < -0.4 is 11.1 Å². The van der Waals surface area contributed by atoms with E-state index in [1.165, 1.54) is 0 Å². The molecule has 1 heterocycles. The van der Waals surface area contributed by atoms with Crippen molar-refractivity contribution in [3.8, 4) is 0 Å². The van der Waals surface area contributed by atoms with E-state index in [1.54, 1.807) is 6.26 Å². The number of hydrogen-bond donors (Lipinski definition) is 2. The van der Waals surface area contributed by atoms with Crippen molar-refractivity contribution in [2.45, 2.75) is 38.8 Å². The maximum atomic E-state index is 11.4. The van der Waals surface area contributed by atoms with Gasteiger partial charge in [0.2, 0.25) is 5.91 Å². The fraction of sp³-hybridized carbons (Fsp3) is 0.545. The quantitative estimate of drug-likeness (QED) is 0.763. The lowest BCUT2D eigenvalue weighted by Crippen LogP contribution is -2.44. The Morgan fingerprint density at radius 3 is 2.93 bits per heavy atom. The molecule has 0 saturated heterocycles. The SMILES string of the molecule is CC[C@@H](N)C(=O)NC(C)Cc1ccco1. The fourth-order valence-corrected chi connectivity index (χ4v) is 1.32. The zero-order valence-corrected chi connectivity index (χ0v) is 9.19. The highest BCUT2D eigenvalue weighted by Crippen LogP contribution is 2.03. The van der Waals surface area contributed by atoms with E-state index in [4.69, 9.17) is 10.2 Å².